The molecule has 2 aromatic carbocycles. The fourth-order valence-electron chi connectivity index (χ4n) is 3.06. The van der Waals surface area contributed by atoms with E-state index in [4.69, 9.17) is 9.47 Å². The summed E-state index contributed by atoms with van der Waals surface area (Å²) < 4.78 is 24.9. The maximum absolute atomic E-state index is 12.9. The van der Waals surface area contributed by atoms with Gasteiger partial charge >= 0.3 is 0 Å². The second-order valence-corrected chi connectivity index (χ2v) is 7.73. The second-order valence-electron chi connectivity index (χ2n) is 6.82. The van der Waals surface area contributed by atoms with Crippen molar-refractivity contribution < 1.29 is 18.7 Å². The Morgan fingerprint density at radius 2 is 2.03 bits per heavy atom. The average molecular weight is 463 g/mol. The minimum atomic E-state index is -0.264. The van der Waals surface area contributed by atoms with Crippen LogP contribution in [0.3, 0.4) is 0 Å². The highest BCUT2D eigenvalue weighted by molar-refractivity contribution is 9.10. The number of amides is 1. The fourth-order valence-corrected chi connectivity index (χ4v) is 3.44. The first-order valence-corrected chi connectivity index (χ1v) is 10.3. The summed E-state index contributed by atoms with van der Waals surface area (Å²) in [5.74, 6) is 1.01. The topological polar surface area (TPSA) is 50.8 Å². The predicted octanol–water partition coefficient (Wildman–Crippen LogP) is 3.88. The van der Waals surface area contributed by atoms with Gasteiger partial charge in [0, 0.05) is 42.3 Å². The molecule has 0 aromatic heterocycles. The van der Waals surface area contributed by atoms with E-state index in [0.717, 1.165) is 36.1 Å². The van der Waals surface area contributed by atoms with Crippen LogP contribution in [0.2, 0.25) is 0 Å². The van der Waals surface area contributed by atoms with Crippen LogP contribution in [0.5, 0.6) is 11.5 Å². The maximum Gasteiger partial charge on any atom is 0.244 e. The van der Waals surface area contributed by atoms with Crippen LogP contribution < -0.4 is 14.8 Å². The Hall–Kier alpha value is -2.38. The Kier molecular flexibility index (Phi) is 7.66. The molecular formula is C22H24BrFN2O3. The predicted molar refractivity (Wildman–Crippen MR) is 115 cm³/mol. The molecule has 5 nitrogen and oxygen atoms in total. The number of carbonyl (C=O) groups is 1. The zero-order valence-electron chi connectivity index (χ0n) is 16.2. The maximum atomic E-state index is 12.9. The molecule has 2 aromatic rings. The van der Waals surface area contributed by atoms with Crippen molar-refractivity contribution in [2.75, 3.05) is 33.3 Å². The molecule has 1 amide bonds. The van der Waals surface area contributed by atoms with Crippen molar-refractivity contribution in [3.63, 3.8) is 0 Å². The van der Waals surface area contributed by atoms with Crippen molar-refractivity contribution in [1.29, 1.82) is 0 Å². The summed E-state index contributed by atoms with van der Waals surface area (Å²) in [6.45, 7) is 3.19. The first kappa shape index (κ1) is 21.3. The molecule has 7 heteroatoms. The number of hydrogen-bond donors (Lipinski definition) is 1. The molecule has 0 saturated carbocycles. The summed E-state index contributed by atoms with van der Waals surface area (Å²) in [6.07, 6.45) is 4.26. The van der Waals surface area contributed by atoms with E-state index >= 15 is 0 Å². The van der Waals surface area contributed by atoms with Gasteiger partial charge in [0.1, 0.15) is 23.4 Å². The zero-order valence-corrected chi connectivity index (χ0v) is 17.8. The quantitative estimate of drug-likeness (QED) is 0.453. The largest absolute Gasteiger partial charge is 0.496 e. The highest BCUT2D eigenvalue weighted by atomic mass is 79.9. The summed E-state index contributed by atoms with van der Waals surface area (Å²) in [5.41, 5.74) is 0.838. The Labute approximate surface area is 178 Å². The van der Waals surface area contributed by atoms with E-state index in [-0.39, 0.29) is 17.8 Å². The van der Waals surface area contributed by atoms with Gasteiger partial charge in [-0.2, -0.15) is 0 Å². The molecule has 3 rings (SSSR count). The zero-order chi connectivity index (χ0) is 20.6. The number of nitrogens with zero attached hydrogens (tertiary/aromatic N) is 1. The number of nitrogens with one attached hydrogen (secondary N) is 1. The van der Waals surface area contributed by atoms with Gasteiger partial charge in [-0.15, -0.1) is 0 Å². The van der Waals surface area contributed by atoms with Gasteiger partial charge in [-0.1, -0.05) is 15.9 Å². The van der Waals surface area contributed by atoms with Crippen molar-refractivity contribution >= 4 is 27.9 Å². The molecule has 154 valence electrons. The number of likely N-dealkylation sites (tertiary alicyclic amines) is 1. The molecule has 1 N–H and O–H groups in total. The summed E-state index contributed by atoms with van der Waals surface area (Å²) in [4.78, 5) is 14.3. The lowest BCUT2D eigenvalue weighted by atomic mass is 10.1. The Morgan fingerprint density at radius 1 is 1.28 bits per heavy atom. The van der Waals surface area contributed by atoms with Crippen molar-refractivity contribution in [3.05, 3.63) is 64.4 Å². The molecule has 0 aliphatic carbocycles. The molecular weight excluding hydrogens is 439 g/mol. The van der Waals surface area contributed by atoms with Crippen LogP contribution in [0.4, 0.5) is 4.39 Å². The second kappa shape index (κ2) is 10.4. The summed E-state index contributed by atoms with van der Waals surface area (Å²) >= 11 is 3.42. The average Bonchev–Trinajstić information content (AvgIpc) is 2.68. The first-order chi connectivity index (χ1) is 14.0. The van der Waals surface area contributed by atoms with Crippen LogP contribution in [0, 0.1) is 5.82 Å². The SMILES string of the molecule is COc1ccc(Br)cc1/C=C/C(=O)NCCCN1CC(Oc2ccc(F)cc2)C1. The molecule has 1 saturated heterocycles. The number of halogens is 2. The van der Waals surface area contributed by atoms with Crippen LogP contribution in [-0.4, -0.2) is 50.2 Å². The smallest absolute Gasteiger partial charge is 0.244 e. The molecule has 0 bridgehead atoms. The van der Waals surface area contributed by atoms with Crippen molar-refractivity contribution in [1.82, 2.24) is 10.2 Å². The number of rotatable bonds is 9. The van der Waals surface area contributed by atoms with Crippen LogP contribution in [0.1, 0.15) is 12.0 Å². The van der Waals surface area contributed by atoms with E-state index < -0.39 is 0 Å². The van der Waals surface area contributed by atoms with E-state index in [1.54, 1.807) is 25.3 Å². The van der Waals surface area contributed by atoms with Gasteiger partial charge in [0.15, 0.2) is 0 Å². The fraction of sp³-hybridized carbons (Fsp3) is 0.318. The molecule has 1 heterocycles. The van der Waals surface area contributed by atoms with E-state index in [1.807, 2.05) is 18.2 Å². The van der Waals surface area contributed by atoms with E-state index in [0.29, 0.717) is 18.0 Å². The van der Waals surface area contributed by atoms with Gasteiger partial charge in [-0.25, -0.2) is 4.39 Å². The first-order valence-electron chi connectivity index (χ1n) is 9.47. The molecule has 0 spiro atoms. The molecule has 0 unspecified atom stereocenters. The monoisotopic (exact) mass is 462 g/mol. The van der Waals surface area contributed by atoms with Gasteiger partial charge in [0.05, 0.1) is 7.11 Å². The summed E-state index contributed by atoms with van der Waals surface area (Å²) in [6, 6.07) is 11.7. The van der Waals surface area contributed by atoms with Gasteiger partial charge < -0.3 is 14.8 Å². The number of ether oxygens (including phenoxy) is 2. The van der Waals surface area contributed by atoms with Crippen molar-refractivity contribution in [2.45, 2.75) is 12.5 Å². The molecule has 1 aliphatic rings. The third kappa shape index (κ3) is 6.58. The van der Waals surface area contributed by atoms with Gasteiger partial charge in [-0.05, 0) is 55.0 Å². The third-order valence-electron chi connectivity index (χ3n) is 4.60. The van der Waals surface area contributed by atoms with Gasteiger partial charge in [0.25, 0.3) is 0 Å². The van der Waals surface area contributed by atoms with E-state index in [9.17, 15) is 9.18 Å². The lowest BCUT2D eigenvalue weighted by Gasteiger charge is -2.39. The summed E-state index contributed by atoms with van der Waals surface area (Å²) in [5, 5.41) is 2.89. The van der Waals surface area contributed by atoms with Crippen LogP contribution >= 0.6 is 15.9 Å². The van der Waals surface area contributed by atoms with E-state index in [2.05, 4.69) is 26.1 Å². The number of hydrogen-bond acceptors (Lipinski definition) is 4. The standard InChI is InChI=1S/C22H24BrFN2O3/c1-28-21-9-4-17(23)13-16(21)3-10-22(27)25-11-2-12-26-14-20(15-26)29-19-7-5-18(24)6-8-19/h3-10,13,20H,2,11-12,14-15H2,1H3,(H,25,27)/b10-3+. The normalized spacial score (nSPS) is 14.6. The number of methoxy groups -OCH3 is 1. The van der Waals surface area contributed by atoms with Crippen LogP contribution in [0.25, 0.3) is 6.08 Å². The number of benzene rings is 2. The molecule has 1 fully saturated rings. The van der Waals surface area contributed by atoms with Gasteiger partial charge in [-0.3, -0.25) is 9.69 Å². The minimum absolute atomic E-state index is 0.131. The molecule has 29 heavy (non-hydrogen) atoms. The lowest BCUT2D eigenvalue weighted by molar-refractivity contribution is -0.116. The van der Waals surface area contributed by atoms with E-state index in [1.165, 1.54) is 18.2 Å². The van der Waals surface area contributed by atoms with Crippen molar-refractivity contribution in [3.8, 4) is 11.5 Å². The Morgan fingerprint density at radius 3 is 2.76 bits per heavy atom. The third-order valence-corrected chi connectivity index (χ3v) is 5.09. The lowest BCUT2D eigenvalue weighted by Crippen LogP contribution is -2.54. The number of carbonyl (C=O) groups excluding carboxylic acids is 1. The Balaban J connectivity index is 1.31. The summed E-state index contributed by atoms with van der Waals surface area (Å²) in [7, 11) is 1.60. The van der Waals surface area contributed by atoms with Gasteiger partial charge in [0.2, 0.25) is 5.91 Å². The highest BCUT2D eigenvalue weighted by Gasteiger charge is 2.27. The molecule has 0 radical (unpaired) electrons. The molecule has 0 atom stereocenters. The van der Waals surface area contributed by atoms with Crippen LogP contribution in [-0.2, 0) is 4.79 Å². The minimum Gasteiger partial charge on any atom is -0.496 e. The Bertz CT molecular complexity index is 852. The van der Waals surface area contributed by atoms with Crippen LogP contribution in [0.15, 0.2) is 53.0 Å². The molecule has 1 aliphatic heterocycles. The highest BCUT2D eigenvalue weighted by Crippen LogP contribution is 2.24. The van der Waals surface area contributed by atoms with Crippen molar-refractivity contribution in [2.24, 2.45) is 0 Å².